The van der Waals surface area contributed by atoms with Crippen molar-refractivity contribution in [2.45, 2.75) is 70.6 Å². The van der Waals surface area contributed by atoms with Crippen LogP contribution in [0.4, 0.5) is 0 Å². The highest BCUT2D eigenvalue weighted by molar-refractivity contribution is 5.94. The molecule has 1 aromatic carbocycles. The van der Waals surface area contributed by atoms with Gasteiger partial charge in [-0.1, -0.05) is 44.2 Å². The predicted octanol–water partition coefficient (Wildman–Crippen LogP) is 0.668. The van der Waals surface area contributed by atoms with Crippen LogP contribution in [0.25, 0.3) is 0 Å². The van der Waals surface area contributed by atoms with Gasteiger partial charge in [-0.3, -0.25) is 19.2 Å². The van der Waals surface area contributed by atoms with E-state index in [4.69, 9.17) is 10.8 Å². The van der Waals surface area contributed by atoms with Gasteiger partial charge >= 0.3 is 5.97 Å². The second kappa shape index (κ2) is 11.6. The van der Waals surface area contributed by atoms with E-state index in [0.29, 0.717) is 32.2 Å². The van der Waals surface area contributed by atoms with Crippen LogP contribution in [0.3, 0.4) is 0 Å². The molecule has 9 heteroatoms. The lowest BCUT2D eigenvalue weighted by molar-refractivity contribution is -0.142. The third-order valence-electron chi connectivity index (χ3n) is 5.52. The summed E-state index contributed by atoms with van der Waals surface area (Å²) in [6, 6.07) is 6.00. The highest BCUT2D eigenvalue weighted by atomic mass is 16.4. The SMILES string of the molecule is CC(C)CC(NC(=O)C1CCCN1C(=O)C(N)Cc1ccccc1)C(=O)NC(C)C(=O)O. The molecule has 0 saturated carbocycles. The molecule has 5 N–H and O–H groups in total. The van der Waals surface area contributed by atoms with E-state index in [1.54, 1.807) is 0 Å². The number of aliphatic carboxylic acids is 1. The first-order valence-corrected chi connectivity index (χ1v) is 11.0. The van der Waals surface area contributed by atoms with E-state index in [9.17, 15) is 19.2 Å². The maximum absolute atomic E-state index is 13.0. The van der Waals surface area contributed by atoms with Crippen LogP contribution in [0.5, 0.6) is 0 Å². The lowest BCUT2D eigenvalue weighted by atomic mass is 10.0. The van der Waals surface area contributed by atoms with Crippen LogP contribution in [-0.4, -0.2) is 64.4 Å². The maximum Gasteiger partial charge on any atom is 0.325 e. The number of nitrogens with two attached hydrogens (primary N) is 1. The second-order valence-electron chi connectivity index (χ2n) is 8.75. The molecule has 9 nitrogen and oxygen atoms in total. The molecular weight excluding hydrogens is 412 g/mol. The Labute approximate surface area is 188 Å². The number of likely N-dealkylation sites (tertiary alicyclic amines) is 1. The number of rotatable bonds is 10. The molecule has 1 fully saturated rings. The van der Waals surface area contributed by atoms with E-state index < -0.39 is 42.0 Å². The number of nitrogens with one attached hydrogen (secondary N) is 2. The van der Waals surface area contributed by atoms with Crippen molar-refractivity contribution in [3.63, 3.8) is 0 Å². The van der Waals surface area contributed by atoms with E-state index in [-0.39, 0.29) is 11.8 Å². The molecule has 1 aromatic rings. The molecule has 1 aliphatic rings. The van der Waals surface area contributed by atoms with Gasteiger partial charge in [0.2, 0.25) is 17.7 Å². The van der Waals surface area contributed by atoms with Crippen LogP contribution in [0, 0.1) is 5.92 Å². The Bertz CT molecular complexity index is 814. The van der Waals surface area contributed by atoms with E-state index in [2.05, 4.69) is 10.6 Å². The zero-order valence-electron chi connectivity index (χ0n) is 18.9. The van der Waals surface area contributed by atoms with Gasteiger partial charge in [0.15, 0.2) is 0 Å². The number of amides is 3. The molecule has 32 heavy (non-hydrogen) atoms. The van der Waals surface area contributed by atoms with E-state index >= 15 is 0 Å². The number of benzene rings is 1. The average molecular weight is 447 g/mol. The molecule has 3 amide bonds. The summed E-state index contributed by atoms with van der Waals surface area (Å²) < 4.78 is 0. The molecule has 0 spiro atoms. The van der Waals surface area contributed by atoms with E-state index in [0.717, 1.165) is 5.56 Å². The number of carbonyl (C=O) groups is 4. The molecule has 176 valence electrons. The molecule has 4 unspecified atom stereocenters. The molecule has 4 atom stereocenters. The number of hydrogen-bond acceptors (Lipinski definition) is 5. The molecular formula is C23H34N4O5. The van der Waals surface area contributed by atoms with Gasteiger partial charge in [-0.25, -0.2) is 0 Å². The smallest absolute Gasteiger partial charge is 0.325 e. The van der Waals surface area contributed by atoms with Crippen molar-refractivity contribution in [3.05, 3.63) is 35.9 Å². The van der Waals surface area contributed by atoms with Crippen LogP contribution in [0.15, 0.2) is 30.3 Å². The van der Waals surface area contributed by atoms with Crippen molar-refractivity contribution in [1.29, 1.82) is 0 Å². The minimum Gasteiger partial charge on any atom is -0.480 e. The quantitative estimate of drug-likeness (QED) is 0.416. The van der Waals surface area contributed by atoms with Crippen molar-refractivity contribution >= 4 is 23.7 Å². The van der Waals surface area contributed by atoms with Crippen LogP contribution < -0.4 is 16.4 Å². The number of carbonyl (C=O) groups excluding carboxylic acids is 3. The van der Waals surface area contributed by atoms with Crippen molar-refractivity contribution in [1.82, 2.24) is 15.5 Å². The van der Waals surface area contributed by atoms with Gasteiger partial charge < -0.3 is 26.4 Å². The molecule has 1 heterocycles. The first-order valence-electron chi connectivity index (χ1n) is 11.0. The molecule has 0 aliphatic carbocycles. The Hall–Kier alpha value is -2.94. The number of nitrogens with zero attached hydrogens (tertiary/aromatic N) is 1. The fraction of sp³-hybridized carbons (Fsp3) is 0.565. The number of hydrogen-bond donors (Lipinski definition) is 4. The summed E-state index contributed by atoms with van der Waals surface area (Å²) in [5.41, 5.74) is 7.09. The van der Waals surface area contributed by atoms with Gasteiger partial charge in [-0.05, 0) is 44.1 Å². The van der Waals surface area contributed by atoms with Gasteiger partial charge in [-0.2, -0.15) is 0 Å². The Morgan fingerprint density at radius 1 is 1.12 bits per heavy atom. The van der Waals surface area contributed by atoms with Crippen molar-refractivity contribution in [2.24, 2.45) is 11.7 Å². The van der Waals surface area contributed by atoms with Gasteiger partial charge in [0, 0.05) is 6.54 Å². The highest BCUT2D eigenvalue weighted by Gasteiger charge is 2.37. The number of carboxylic acid groups (broad SMARTS) is 1. The summed E-state index contributed by atoms with van der Waals surface area (Å²) in [7, 11) is 0. The van der Waals surface area contributed by atoms with Crippen molar-refractivity contribution in [3.8, 4) is 0 Å². The molecule has 0 radical (unpaired) electrons. The first kappa shape index (κ1) is 25.3. The standard InChI is InChI=1S/C23H34N4O5/c1-14(2)12-18(20(28)25-15(3)23(31)32)26-21(29)19-10-7-11-27(19)22(30)17(24)13-16-8-5-4-6-9-16/h4-6,8-9,14-15,17-19H,7,10-13,24H2,1-3H3,(H,25,28)(H,26,29)(H,31,32). The van der Waals surface area contributed by atoms with Crippen LogP contribution in [-0.2, 0) is 25.6 Å². The molecule has 1 aliphatic heterocycles. The topological polar surface area (TPSA) is 142 Å². The molecule has 0 aromatic heterocycles. The monoisotopic (exact) mass is 446 g/mol. The Morgan fingerprint density at radius 3 is 2.38 bits per heavy atom. The van der Waals surface area contributed by atoms with Crippen LogP contribution >= 0.6 is 0 Å². The van der Waals surface area contributed by atoms with Gasteiger partial charge in [0.05, 0.1) is 6.04 Å². The first-order chi connectivity index (χ1) is 15.1. The average Bonchev–Trinajstić information content (AvgIpc) is 3.22. The Balaban J connectivity index is 2.05. The summed E-state index contributed by atoms with van der Waals surface area (Å²) in [5, 5.41) is 14.2. The van der Waals surface area contributed by atoms with Crippen LogP contribution in [0.2, 0.25) is 0 Å². The normalized spacial score (nSPS) is 18.7. The third-order valence-corrected chi connectivity index (χ3v) is 5.52. The zero-order chi connectivity index (χ0) is 23.8. The van der Waals surface area contributed by atoms with Crippen molar-refractivity contribution in [2.75, 3.05) is 6.54 Å². The van der Waals surface area contributed by atoms with Gasteiger partial charge in [0.25, 0.3) is 0 Å². The highest BCUT2D eigenvalue weighted by Crippen LogP contribution is 2.20. The predicted molar refractivity (Wildman–Crippen MR) is 119 cm³/mol. The summed E-state index contributed by atoms with van der Waals surface area (Å²) in [6.07, 6.45) is 1.87. The summed E-state index contributed by atoms with van der Waals surface area (Å²) >= 11 is 0. The van der Waals surface area contributed by atoms with Crippen LogP contribution in [0.1, 0.15) is 45.6 Å². The second-order valence-corrected chi connectivity index (χ2v) is 8.75. The summed E-state index contributed by atoms with van der Waals surface area (Å²) in [5.74, 6) is -2.35. The number of carboxylic acids is 1. The minimum atomic E-state index is -1.16. The Morgan fingerprint density at radius 2 is 1.78 bits per heavy atom. The largest absolute Gasteiger partial charge is 0.480 e. The molecule has 0 bridgehead atoms. The third kappa shape index (κ3) is 7.05. The zero-order valence-corrected chi connectivity index (χ0v) is 18.9. The van der Waals surface area contributed by atoms with E-state index in [1.807, 2.05) is 44.2 Å². The van der Waals surface area contributed by atoms with E-state index in [1.165, 1.54) is 11.8 Å². The lowest BCUT2D eigenvalue weighted by Gasteiger charge is -2.29. The fourth-order valence-corrected chi connectivity index (χ4v) is 3.82. The minimum absolute atomic E-state index is 0.0896. The van der Waals surface area contributed by atoms with Crippen molar-refractivity contribution < 1.29 is 24.3 Å². The summed E-state index contributed by atoms with van der Waals surface area (Å²) in [4.78, 5) is 51.1. The maximum atomic E-state index is 13.0. The Kier molecular flexibility index (Phi) is 9.19. The summed E-state index contributed by atoms with van der Waals surface area (Å²) in [6.45, 7) is 5.60. The fourth-order valence-electron chi connectivity index (χ4n) is 3.82. The van der Waals surface area contributed by atoms with Gasteiger partial charge in [-0.15, -0.1) is 0 Å². The molecule has 1 saturated heterocycles. The van der Waals surface area contributed by atoms with Gasteiger partial charge in [0.1, 0.15) is 18.1 Å². The lowest BCUT2D eigenvalue weighted by Crippen LogP contribution is -2.56. The molecule has 2 rings (SSSR count).